The van der Waals surface area contributed by atoms with Gasteiger partial charge in [-0.3, -0.25) is 0 Å². The summed E-state index contributed by atoms with van der Waals surface area (Å²) in [5.41, 5.74) is 1.21. The van der Waals surface area contributed by atoms with Crippen LogP contribution in [0.4, 0.5) is 0 Å². The van der Waals surface area contributed by atoms with Crippen molar-refractivity contribution in [2.45, 2.75) is 13.3 Å². The van der Waals surface area contributed by atoms with Gasteiger partial charge in [0.25, 0.3) is 0 Å². The molecule has 0 aromatic heterocycles. The van der Waals surface area contributed by atoms with E-state index in [1.54, 1.807) is 6.08 Å². The van der Waals surface area contributed by atoms with E-state index >= 15 is 0 Å². The minimum absolute atomic E-state index is 0.528. The van der Waals surface area contributed by atoms with Gasteiger partial charge in [0.2, 0.25) is 0 Å². The van der Waals surface area contributed by atoms with Crippen LogP contribution in [0.2, 0.25) is 0 Å². The van der Waals surface area contributed by atoms with E-state index in [2.05, 4.69) is 20.1 Å². The Labute approximate surface area is 68.1 Å². The van der Waals surface area contributed by atoms with Crippen molar-refractivity contribution in [2.75, 3.05) is 6.61 Å². The predicted molar refractivity (Wildman–Crippen MR) is 47.2 cm³/mol. The molecule has 1 aliphatic heterocycles. The van der Waals surface area contributed by atoms with Gasteiger partial charge in [0.15, 0.2) is 0 Å². The largest absolute Gasteiger partial charge is 0.493 e. The van der Waals surface area contributed by atoms with Gasteiger partial charge >= 0.3 is 0 Å². The third-order valence-electron chi connectivity index (χ3n) is 2.01. The molecular weight excluding hydrogens is 136 g/mol. The number of allylic oxidation sites excluding steroid dienone is 3. The highest BCUT2D eigenvalue weighted by atomic mass is 16.5. The maximum atomic E-state index is 5.31. The summed E-state index contributed by atoms with van der Waals surface area (Å²) in [6.07, 6.45) is 4.89. The molecule has 0 bridgehead atoms. The van der Waals surface area contributed by atoms with Crippen molar-refractivity contribution in [3.05, 3.63) is 36.6 Å². The van der Waals surface area contributed by atoms with Crippen LogP contribution < -0.4 is 0 Å². The lowest BCUT2D eigenvalue weighted by molar-refractivity contribution is 0.240. The molecule has 1 atom stereocenters. The molecule has 1 fully saturated rings. The summed E-state index contributed by atoms with van der Waals surface area (Å²) >= 11 is 0. The fraction of sp³-hybridized carbons (Fsp3) is 0.400. The van der Waals surface area contributed by atoms with Crippen molar-refractivity contribution < 1.29 is 4.74 Å². The van der Waals surface area contributed by atoms with Crippen LogP contribution in [0, 0.1) is 5.92 Å². The SMILES string of the molecule is C=C/C=C1\C(=C)OCC1CC. The van der Waals surface area contributed by atoms with E-state index < -0.39 is 0 Å². The molecule has 0 saturated carbocycles. The summed E-state index contributed by atoms with van der Waals surface area (Å²) in [4.78, 5) is 0. The third kappa shape index (κ3) is 1.53. The van der Waals surface area contributed by atoms with Crippen LogP contribution in [-0.2, 0) is 4.74 Å². The zero-order valence-electron chi connectivity index (χ0n) is 6.97. The average Bonchev–Trinajstić information content (AvgIpc) is 2.34. The quantitative estimate of drug-likeness (QED) is 0.588. The molecule has 0 radical (unpaired) electrons. The second kappa shape index (κ2) is 3.42. The van der Waals surface area contributed by atoms with Crippen LogP contribution in [-0.4, -0.2) is 6.61 Å². The van der Waals surface area contributed by atoms with Crippen LogP contribution in [0.3, 0.4) is 0 Å². The van der Waals surface area contributed by atoms with Crippen LogP contribution >= 0.6 is 0 Å². The number of hydrogen-bond acceptors (Lipinski definition) is 1. The molecule has 0 spiro atoms. The zero-order chi connectivity index (χ0) is 8.27. The Morgan fingerprint density at radius 3 is 3.00 bits per heavy atom. The minimum atomic E-state index is 0.528. The Morgan fingerprint density at radius 2 is 2.45 bits per heavy atom. The standard InChI is InChI=1S/C10H14O/c1-4-6-10-8(3)11-7-9(10)5-2/h4,6,9H,1,3,5,7H2,2H3/b10-6+. The van der Waals surface area contributed by atoms with Crippen molar-refractivity contribution in [3.8, 4) is 0 Å². The van der Waals surface area contributed by atoms with Gasteiger partial charge in [0.05, 0.1) is 6.61 Å². The normalized spacial score (nSPS) is 27.2. The zero-order valence-corrected chi connectivity index (χ0v) is 6.97. The minimum Gasteiger partial charge on any atom is -0.493 e. The number of ether oxygens (including phenoxy) is 1. The van der Waals surface area contributed by atoms with E-state index in [9.17, 15) is 0 Å². The van der Waals surface area contributed by atoms with E-state index in [1.165, 1.54) is 5.57 Å². The molecule has 1 heterocycles. The lowest BCUT2D eigenvalue weighted by Crippen LogP contribution is -1.98. The fourth-order valence-electron chi connectivity index (χ4n) is 1.30. The first-order chi connectivity index (χ1) is 5.29. The molecule has 1 saturated heterocycles. The lowest BCUT2D eigenvalue weighted by Gasteiger charge is -2.02. The first-order valence-electron chi connectivity index (χ1n) is 3.94. The molecule has 0 aromatic rings. The summed E-state index contributed by atoms with van der Waals surface area (Å²) in [6.45, 7) is 10.4. The van der Waals surface area contributed by atoms with Crippen molar-refractivity contribution in [2.24, 2.45) is 5.92 Å². The van der Waals surface area contributed by atoms with Crippen molar-refractivity contribution in [3.63, 3.8) is 0 Å². The Bertz CT molecular complexity index is 201. The van der Waals surface area contributed by atoms with E-state index in [0.29, 0.717) is 5.92 Å². The number of rotatable bonds is 2. The van der Waals surface area contributed by atoms with Crippen molar-refractivity contribution in [1.82, 2.24) is 0 Å². The van der Waals surface area contributed by atoms with Gasteiger partial charge < -0.3 is 4.74 Å². The Morgan fingerprint density at radius 1 is 1.73 bits per heavy atom. The molecule has 1 unspecified atom stereocenters. The molecule has 0 N–H and O–H groups in total. The summed E-state index contributed by atoms with van der Waals surface area (Å²) in [6, 6.07) is 0. The third-order valence-corrected chi connectivity index (χ3v) is 2.01. The molecule has 1 rings (SSSR count). The molecule has 1 nitrogen and oxygen atoms in total. The molecule has 0 aliphatic carbocycles. The van der Waals surface area contributed by atoms with E-state index in [1.807, 2.05) is 6.08 Å². The summed E-state index contributed by atoms with van der Waals surface area (Å²) in [7, 11) is 0. The van der Waals surface area contributed by atoms with E-state index in [4.69, 9.17) is 4.74 Å². The molecule has 1 heteroatoms. The highest BCUT2D eigenvalue weighted by Crippen LogP contribution is 2.30. The summed E-state index contributed by atoms with van der Waals surface area (Å²) < 4.78 is 5.31. The van der Waals surface area contributed by atoms with Crippen LogP contribution in [0.5, 0.6) is 0 Å². The van der Waals surface area contributed by atoms with Gasteiger partial charge in [0, 0.05) is 5.92 Å². The van der Waals surface area contributed by atoms with Crippen molar-refractivity contribution >= 4 is 0 Å². The van der Waals surface area contributed by atoms with Gasteiger partial charge in [0.1, 0.15) is 5.76 Å². The Kier molecular flexibility index (Phi) is 2.53. The smallest absolute Gasteiger partial charge is 0.115 e. The predicted octanol–water partition coefficient (Wildman–Crippen LogP) is 2.67. The van der Waals surface area contributed by atoms with Crippen LogP contribution in [0.1, 0.15) is 13.3 Å². The Hall–Kier alpha value is -0.980. The fourth-order valence-corrected chi connectivity index (χ4v) is 1.30. The molecule has 0 aromatic carbocycles. The first-order valence-corrected chi connectivity index (χ1v) is 3.94. The van der Waals surface area contributed by atoms with Crippen molar-refractivity contribution in [1.29, 1.82) is 0 Å². The molecule has 60 valence electrons. The maximum Gasteiger partial charge on any atom is 0.115 e. The first kappa shape index (κ1) is 8.12. The molecule has 1 aliphatic rings. The maximum absolute atomic E-state index is 5.31. The van der Waals surface area contributed by atoms with Crippen LogP contribution in [0.15, 0.2) is 36.6 Å². The highest BCUT2D eigenvalue weighted by Gasteiger charge is 2.23. The molecule has 11 heavy (non-hydrogen) atoms. The second-order valence-corrected chi connectivity index (χ2v) is 2.70. The summed E-state index contributed by atoms with van der Waals surface area (Å²) in [5.74, 6) is 1.34. The molecule has 0 amide bonds. The second-order valence-electron chi connectivity index (χ2n) is 2.70. The Balaban J connectivity index is 2.79. The van der Waals surface area contributed by atoms with Gasteiger partial charge in [-0.05, 0) is 12.0 Å². The van der Waals surface area contributed by atoms with Gasteiger partial charge in [-0.2, -0.15) is 0 Å². The molecular formula is C10H14O. The van der Waals surface area contributed by atoms with Crippen LogP contribution in [0.25, 0.3) is 0 Å². The summed E-state index contributed by atoms with van der Waals surface area (Å²) in [5, 5.41) is 0. The van der Waals surface area contributed by atoms with Gasteiger partial charge in [-0.1, -0.05) is 32.2 Å². The van der Waals surface area contributed by atoms with E-state index in [0.717, 1.165) is 18.8 Å². The average molecular weight is 150 g/mol. The lowest BCUT2D eigenvalue weighted by atomic mass is 9.98. The van der Waals surface area contributed by atoms with Gasteiger partial charge in [-0.25, -0.2) is 0 Å². The van der Waals surface area contributed by atoms with Gasteiger partial charge in [-0.15, -0.1) is 0 Å². The monoisotopic (exact) mass is 150 g/mol. The topological polar surface area (TPSA) is 9.23 Å². The number of hydrogen-bond donors (Lipinski definition) is 0. The van der Waals surface area contributed by atoms with E-state index in [-0.39, 0.29) is 0 Å². The highest BCUT2D eigenvalue weighted by molar-refractivity contribution is 5.32.